The highest BCUT2D eigenvalue weighted by molar-refractivity contribution is 7.99. The molecule has 1 aromatic carbocycles. The van der Waals surface area contributed by atoms with E-state index >= 15 is 0 Å². The predicted molar refractivity (Wildman–Crippen MR) is 135 cm³/mol. The summed E-state index contributed by atoms with van der Waals surface area (Å²) >= 11 is 13.5. The molecule has 1 aliphatic rings. The van der Waals surface area contributed by atoms with Crippen LogP contribution in [0.2, 0.25) is 10.2 Å². The minimum Gasteiger partial charge on any atom is -0.353 e. The normalized spacial score (nSPS) is 16.5. The van der Waals surface area contributed by atoms with Crippen molar-refractivity contribution in [3.8, 4) is 0 Å². The van der Waals surface area contributed by atoms with Gasteiger partial charge in [-0.3, -0.25) is 4.79 Å². The number of halogens is 2. The molecule has 3 amide bonds. The summed E-state index contributed by atoms with van der Waals surface area (Å²) < 4.78 is 0. The van der Waals surface area contributed by atoms with Gasteiger partial charge in [0, 0.05) is 48.0 Å². The summed E-state index contributed by atoms with van der Waals surface area (Å²) in [6, 6.07) is 8.54. The SMILES string of the molecule is CC1CN(c2cc(Cl)nc(SCC(=O)NC(C)(C)C)n2)CCN1C(=O)Nc1cccc(Cl)c1. The van der Waals surface area contributed by atoms with Gasteiger partial charge in [-0.2, -0.15) is 0 Å². The maximum Gasteiger partial charge on any atom is 0.322 e. The molecular formula is C22H28Cl2N6O2S. The van der Waals surface area contributed by atoms with Gasteiger partial charge in [-0.1, -0.05) is 41.0 Å². The van der Waals surface area contributed by atoms with Crippen molar-refractivity contribution in [1.82, 2.24) is 20.2 Å². The van der Waals surface area contributed by atoms with E-state index < -0.39 is 0 Å². The molecule has 1 atom stereocenters. The van der Waals surface area contributed by atoms with E-state index in [0.717, 1.165) is 0 Å². The molecule has 0 bridgehead atoms. The molecule has 11 heteroatoms. The predicted octanol–water partition coefficient (Wildman–Crippen LogP) is 4.53. The lowest BCUT2D eigenvalue weighted by Gasteiger charge is -2.40. The van der Waals surface area contributed by atoms with Crippen molar-refractivity contribution in [3.63, 3.8) is 0 Å². The summed E-state index contributed by atoms with van der Waals surface area (Å²) in [6.07, 6.45) is 0. The number of carbonyl (C=O) groups excluding carboxylic acids is 2. The van der Waals surface area contributed by atoms with Gasteiger partial charge in [0.1, 0.15) is 11.0 Å². The molecule has 1 unspecified atom stereocenters. The lowest BCUT2D eigenvalue weighted by molar-refractivity contribution is -0.119. The van der Waals surface area contributed by atoms with E-state index in [9.17, 15) is 9.59 Å². The lowest BCUT2D eigenvalue weighted by Crippen LogP contribution is -2.55. The molecular weight excluding hydrogens is 483 g/mol. The topological polar surface area (TPSA) is 90.5 Å². The molecule has 8 nitrogen and oxygen atoms in total. The Hall–Kier alpha value is -2.23. The number of nitrogens with zero attached hydrogens (tertiary/aromatic N) is 4. The second-order valence-corrected chi connectivity index (χ2v) is 10.6. The number of thioether (sulfide) groups is 1. The number of urea groups is 1. The van der Waals surface area contributed by atoms with Gasteiger partial charge in [0.2, 0.25) is 5.91 Å². The Bertz CT molecular complexity index is 1020. The third-order valence-electron chi connectivity index (χ3n) is 4.80. The summed E-state index contributed by atoms with van der Waals surface area (Å²) in [5.41, 5.74) is 0.356. The zero-order valence-electron chi connectivity index (χ0n) is 19.1. The zero-order chi connectivity index (χ0) is 24.2. The van der Waals surface area contributed by atoms with Crippen LogP contribution in [0.3, 0.4) is 0 Å². The largest absolute Gasteiger partial charge is 0.353 e. The van der Waals surface area contributed by atoms with Crippen LogP contribution in [-0.2, 0) is 4.79 Å². The van der Waals surface area contributed by atoms with Crippen molar-refractivity contribution in [2.24, 2.45) is 0 Å². The van der Waals surface area contributed by atoms with Gasteiger partial charge in [0.15, 0.2) is 5.16 Å². The lowest BCUT2D eigenvalue weighted by atomic mass is 10.1. The fraction of sp³-hybridized carbons (Fsp3) is 0.455. The van der Waals surface area contributed by atoms with Crippen molar-refractivity contribution in [2.45, 2.75) is 44.4 Å². The average molecular weight is 511 g/mol. The molecule has 1 aromatic heterocycles. The van der Waals surface area contributed by atoms with Crippen LogP contribution in [0, 0.1) is 0 Å². The molecule has 1 aliphatic heterocycles. The van der Waals surface area contributed by atoms with Gasteiger partial charge in [-0.05, 0) is 45.9 Å². The van der Waals surface area contributed by atoms with Gasteiger partial charge in [0.25, 0.3) is 0 Å². The van der Waals surface area contributed by atoms with E-state index in [2.05, 4.69) is 25.5 Å². The number of nitrogens with one attached hydrogen (secondary N) is 2. The highest BCUT2D eigenvalue weighted by Crippen LogP contribution is 2.25. The molecule has 178 valence electrons. The standard InChI is InChI=1S/C22H28Cl2N6O2S/c1-14-12-29(8-9-30(14)21(32)25-16-7-5-6-15(23)10-16)18-11-17(24)26-20(27-18)33-13-19(31)28-22(2,3)4/h5-7,10-11,14H,8-9,12-13H2,1-4H3,(H,25,32)(H,28,31). The summed E-state index contributed by atoms with van der Waals surface area (Å²) in [6.45, 7) is 9.48. The van der Waals surface area contributed by atoms with Crippen molar-refractivity contribution in [1.29, 1.82) is 0 Å². The Kier molecular flexibility index (Phi) is 8.31. The van der Waals surface area contributed by atoms with E-state index in [-0.39, 0.29) is 29.3 Å². The first-order valence-corrected chi connectivity index (χ1v) is 12.3. The molecule has 0 spiro atoms. The second kappa shape index (κ2) is 10.8. The smallest absolute Gasteiger partial charge is 0.322 e. The third-order valence-corrected chi connectivity index (χ3v) is 6.07. The quantitative estimate of drug-likeness (QED) is 0.348. The van der Waals surface area contributed by atoms with Crippen molar-refractivity contribution < 1.29 is 9.59 Å². The highest BCUT2D eigenvalue weighted by atomic mass is 35.5. The zero-order valence-corrected chi connectivity index (χ0v) is 21.4. The fourth-order valence-electron chi connectivity index (χ4n) is 3.43. The summed E-state index contributed by atoms with van der Waals surface area (Å²) in [7, 11) is 0. The number of hydrogen-bond donors (Lipinski definition) is 2. The number of carbonyl (C=O) groups is 2. The van der Waals surface area contributed by atoms with Gasteiger partial charge in [0.05, 0.1) is 5.75 Å². The molecule has 1 fully saturated rings. The number of aromatic nitrogens is 2. The van der Waals surface area contributed by atoms with Crippen LogP contribution < -0.4 is 15.5 Å². The van der Waals surface area contributed by atoms with E-state index in [1.165, 1.54) is 11.8 Å². The molecule has 33 heavy (non-hydrogen) atoms. The van der Waals surface area contributed by atoms with Gasteiger partial charge in [-0.15, -0.1) is 0 Å². The van der Waals surface area contributed by atoms with Crippen LogP contribution in [0.4, 0.5) is 16.3 Å². The van der Waals surface area contributed by atoms with Crippen LogP contribution in [0.1, 0.15) is 27.7 Å². The third kappa shape index (κ3) is 7.65. The Morgan fingerprint density at radius 3 is 2.61 bits per heavy atom. The average Bonchev–Trinajstić information content (AvgIpc) is 2.70. The number of amides is 3. The number of benzene rings is 1. The Labute approximate surface area is 208 Å². The summed E-state index contributed by atoms with van der Waals surface area (Å²) in [5.74, 6) is 0.784. The summed E-state index contributed by atoms with van der Waals surface area (Å²) in [5, 5.41) is 7.13. The number of hydrogen-bond acceptors (Lipinski definition) is 6. The maximum atomic E-state index is 12.8. The molecule has 1 saturated heterocycles. The van der Waals surface area contributed by atoms with E-state index in [4.69, 9.17) is 23.2 Å². The maximum absolute atomic E-state index is 12.8. The van der Waals surface area contributed by atoms with Gasteiger partial charge in [-0.25, -0.2) is 14.8 Å². The van der Waals surface area contributed by atoms with E-state index in [0.29, 0.717) is 46.5 Å². The van der Waals surface area contributed by atoms with Crippen LogP contribution in [-0.4, -0.2) is 63.8 Å². The minimum atomic E-state index is -0.299. The Morgan fingerprint density at radius 2 is 1.94 bits per heavy atom. The molecule has 0 radical (unpaired) electrons. The van der Waals surface area contributed by atoms with Crippen molar-refractivity contribution in [2.75, 3.05) is 35.6 Å². The van der Waals surface area contributed by atoms with E-state index in [1.807, 2.05) is 27.7 Å². The van der Waals surface area contributed by atoms with Crippen LogP contribution in [0.5, 0.6) is 0 Å². The second-order valence-electron chi connectivity index (χ2n) is 8.85. The monoisotopic (exact) mass is 510 g/mol. The highest BCUT2D eigenvalue weighted by Gasteiger charge is 2.28. The Morgan fingerprint density at radius 1 is 1.18 bits per heavy atom. The summed E-state index contributed by atoms with van der Waals surface area (Å²) in [4.78, 5) is 37.5. The van der Waals surface area contributed by atoms with Crippen LogP contribution >= 0.6 is 35.0 Å². The minimum absolute atomic E-state index is 0.0552. The number of piperazine rings is 1. The first kappa shape index (κ1) is 25.4. The molecule has 3 rings (SSSR count). The molecule has 2 N–H and O–H groups in total. The van der Waals surface area contributed by atoms with Crippen LogP contribution in [0.15, 0.2) is 35.5 Å². The van der Waals surface area contributed by atoms with E-state index in [1.54, 1.807) is 35.2 Å². The fourth-order valence-corrected chi connectivity index (χ4v) is 4.50. The number of anilines is 2. The molecule has 2 heterocycles. The van der Waals surface area contributed by atoms with Crippen LogP contribution in [0.25, 0.3) is 0 Å². The molecule has 0 aliphatic carbocycles. The molecule has 2 aromatic rings. The van der Waals surface area contributed by atoms with Crippen molar-refractivity contribution >= 4 is 58.4 Å². The molecule has 0 saturated carbocycles. The Balaban J connectivity index is 1.61. The van der Waals surface area contributed by atoms with Gasteiger partial charge >= 0.3 is 6.03 Å². The van der Waals surface area contributed by atoms with Crippen molar-refractivity contribution in [3.05, 3.63) is 40.5 Å². The number of rotatable bonds is 5. The first-order chi connectivity index (χ1) is 15.5. The van der Waals surface area contributed by atoms with Gasteiger partial charge < -0.3 is 20.4 Å². The first-order valence-electron chi connectivity index (χ1n) is 10.6.